The number of rotatable bonds is 4. The van der Waals surface area contributed by atoms with Crippen LogP contribution in [0.15, 0.2) is 11.8 Å². The molecule has 0 saturated heterocycles. The Bertz CT molecular complexity index is 77.0. The molecule has 1 nitrogen and oxygen atoms in total. The van der Waals surface area contributed by atoms with Crippen LogP contribution in [0, 0.1) is 0 Å². The van der Waals surface area contributed by atoms with Crippen molar-refractivity contribution < 1.29 is 0 Å². The second-order valence-corrected chi connectivity index (χ2v) is 3.79. The van der Waals surface area contributed by atoms with Crippen LogP contribution in [0.1, 0.15) is 20.8 Å². The third-order valence-corrected chi connectivity index (χ3v) is 3.59. The highest BCUT2D eigenvalue weighted by Crippen LogP contribution is 1.82. The summed E-state index contributed by atoms with van der Waals surface area (Å²) in [6.07, 6.45) is 2.16. The largest absolute Gasteiger partial charge is 0.326 e. The Balaban J connectivity index is 3.31. The van der Waals surface area contributed by atoms with Gasteiger partial charge in [0.05, 0.1) is 0 Å². The second kappa shape index (κ2) is 6.04. The molecule has 54 valence electrons. The van der Waals surface area contributed by atoms with E-state index in [1.807, 2.05) is 0 Å². The fraction of sp³-hybridized carbons (Fsp3) is 0.714. The van der Waals surface area contributed by atoms with Crippen molar-refractivity contribution in [2.45, 2.75) is 20.8 Å². The zero-order chi connectivity index (χ0) is 7.11. The topological polar surface area (TPSA) is 3.24 Å². The van der Waals surface area contributed by atoms with Crippen LogP contribution in [0.5, 0.6) is 0 Å². The normalized spacial score (nSPS) is 12.9. The number of hydrogen-bond acceptors (Lipinski definition) is 1. The molecule has 0 N–H and O–H groups in total. The van der Waals surface area contributed by atoms with E-state index in [0.29, 0.717) is 0 Å². The average molecular weight is 143 g/mol. The van der Waals surface area contributed by atoms with Crippen LogP contribution in [0.4, 0.5) is 0 Å². The van der Waals surface area contributed by atoms with Crippen LogP contribution >= 0.6 is 0 Å². The predicted octanol–water partition coefficient (Wildman–Crippen LogP) is 0.946. The van der Waals surface area contributed by atoms with Gasteiger partial charge in [0.2, 0.25) is 0 Å². The Labute approximate surface area is 60.7 Å². The standard InChI is InChI=1S/C7H17NSi/c1-4-7-9-8(5-2)6-3/h4,7H,5-6,9H2,1-3H3. The van der Waals surface area contributed by atoms with E-state index in [1.165, 1.54) is 13.1 Å². The van der Waals surface area contributed by atoms with E-state index in [9.17, 15) is 0 Å². The summed E-state index contributed by atoms with van der Waals surface area (Å²) in [6, 6.07) is 0. The zero-order valence-electron chi connectivity index (χ0n) is 6.72. The smallest absolute Gasteiger partial charge is 0.119 e. The predicted molar refractivity (Wildman–Crippen MR) is 46.3 cm³/mol. The van der Waals surface area contributed by atoms with Crippen molar-refractivity contribution in [3.05, 3.63) is 11.8 Å². The molecule has 0 aromatic heterocycles. The van der Waals surface area contributed by atoms with Crippen LogP contribution in [0.2, 0.25) is 0 Å². The molecule has 9 heavy (non-hydrogen) atoms. The Kier molecular flexibility index (Phi) is 5.99. The molecule has 0 radical (unpaired) electrons. The van der Waals surface area contributed by atoms with Gasteiger partial charge in [-0.2, -0.15) is 0 Å². The van der Waals surface area contributed by atoms with Gasteiger partial charge in [0, 0.05) is 0 Å². The summed E-state index contributed by atoms with van der Waals surface area (Å²) in [7, 11) is -0.0220. The van der Waals surface area contributed by atoms with Gasteiger partial charge in [0.1, 0.15) is 9.68 Å². The third-order valence-electron chi connectivity index (χ3n) is 1.49. The summed E-state index contributed by atoms with van der Waals surface area (Å²) in [6.45, 7) is 8.97. The van der Waals surface area contributed by atoms with Gasteiger partial charge in [-0.25, -0.2) is 0 Å². The summed E-state index contributed by atoms with van der Waals surface area (Å²) in [5, 5.41) is 0. The van der Waals surface area contributed by atoms with Gasteiger partial charge in [0.25, 0.3) is 0 Å². The van der Waals surface area contributed by atoms with Crippen molar-refractivity contribution in [2.24, 2.45) is 0 Å². The lowest BCUT2D eigenvalue weighted by Gasteiger charge is -2.14. The van der Waals surface area contributed by atoms with E-state index in [1.54, 1.807) is 0 Å². The van der Waals surface area contributed by atoms with Crippen LogP contribution < -0.4 is 0 Å². The molecule has 0 spiro atoms. The van der Waals surface area contributed by atoms with Gasteiger partial charge in [-0.15, -0.1) is 0 Å². The van der Waals surface area contributed by atoms with E-state index >= 15 is 0 Å². The molecule has 0 amide bonds. The first-order valence-corrected chi connectivity index (χ1v) is 5.13. The first-order valence-electron chi connectivity index (χ1n) is 3.68. The van der Waals surface area contributed by atoms with Crippen molar-refractivity contribution in [3.63, 3.8) is 0 Å². The van der Waals surface area contributed by atoms with Crippen LogP contribution in [0.25, 0.3) is 0 Å². The van der Waals surface area contributed by atoms with Crippen molar-refractivity contribution >= 4 is 9.68 Å². The third kappa shape index (κ3) is 4.42. The number of hydrogen-bond donors (Lipinski definition) is 0. The van der Waals surface area contributed by atoms with Gasteiger partial charge in [-0.1, -0.05) is 25.6 Å². The lowest BCUT2D eigenvalue weighted by molar-refractivity contribution is 0.498. The number of nitrogens with zero attached hydrogens (tertiary/aromatic N) is 1. The molecule has 0 aromatic rings. The van der Waals surface area contributed by atoms with Crippen molar-refractivity contribution in [1.82, 2.24) is 4.57 Å². The first-order chi connectivity index (χ1) is 4.35. The molecule has 0 rings (SSSR count). The van der Waals surface area contributed by atoms with Gasteiger partial charge in [0.15, 0.2) is 0 Å². The molecule has 0 aromatic carbocycles. The van der Waals surface area contributed by atoms with Crippen LogP contribution in [-0.4, -0.2) is 27.3 Å². The van der Waals surface area contributed by atoms with Crippen LogP contribution in [-0.2, 0) is 0 Å². The average Bonchev–Trinajstić information content (AvgIpc) is 1.91. The highest BCUT2D eigenvalue weighted by molar-refractivity contribution is 6.38. The number of allylic oxidation sites excluding steroid dienone is 1. The molecule has 0 aliphatic rings. The Morgan fingerprint density at radius 2 is 1.89 bits per heavy atom. The van der Waals surface area contributed by atoms with Crippen LogP contribution in [0.3, 0.4) is 0 Å². The maximum Gasteiger partial charge on any atom is 0.119 e. The Morgan fingerprint density at radius 1 is 1.33 bits per heavy atom. The van der Waals surface area contributed by atoms with Gasteiger partial charge >= 0.3 is 0 Å². The summed E-state index contributed by atoms with van der Waals surface area (Å²) in [5.74, 6) is 0. The maximum absolute atomic E-state index is 2.51. The molecule has 0 saturated carbocycles. The molecule has 0 heterocycles. The first kappa shape index (κ1) is 8.92. The molecule has 2 heteroatoms. The van der Waals surface area contributed by atoms with E-state index in [-0.39, 0.29) is 9.68 Å². The van der Waals surface area contributed by atoms with Gasteiger partial charge in [-0.3, -0.25) is 0 Å². The summed E-state index contributed by atoms with van der Waals surface area (Å²) in [4.78, 5) is 0. The minimum absolute atomic E-state index is 0.0220. The molecular formula is C7H17NSi. The monoisotopic (exact) mass is 143 g/mol. The lowest BCUT2D eigenvalue weighted by Crippen LogP contribution is -2.25. The summed E-state index contributed by atoms with van der Waals surface area (Å²) >= 11 is 0. The molecule has 0 atom stereocenters. The quantitative estimate of drug-likeness (QED) is 0.530. The highest BCUT2D eigenvalue weighted by Gasteiger charge is 1.92. The molecule has 0 unspecified atom stereocenters. The zero-order valence-corrected chi connectivity index (χ0v) is 8.14. The fourth-order valence-electron chi connectivity index (χ4n) is 0.736. The fourth-order valence-corrected chi connectivity index (χ4v) is 1.76. The van der Waals surface area contributed by atoms with Crippen molar-refractivity contribution in [3.8, 4) is 0 Å². The SMILES string of the molecule is CC=C[SiH2]N(CC)CC. The molecular weight excluding hydrogens is 126 g/mol. The Hall–Kier alpha value is -0.0831. The Morgan fingerprint density at radius 3 is 2.22 bits per heavy atom. The van der Waals surface area contributed by atoms with E-state index in [0.717, 1.165) is 0 Å². The van der Waals surface area contributed by atoms with E-state index in [2.05, 4.69) is 37.1 Å². The minimum atomic E-state index is -0.0220. The van der Waals surface area contributed by atoms with Gasteiger partial charge in [-0.05, 0) is 20.0 Å². The van der Waals surface area contributed by atoms with E-state index in [4.69, 9.17) is 0 Å². The molecule has 0 aliphatic carbocycles. The summed E-state index contributed by atoms with van der Waals surface area (Å²) in [5.41, 5.74) is 2.33. The van der Waals surface area contributed by atoms with E-state index < -0.39 is 0 Å². The maximum atomic E-state index is 2.51. The molecule has 0 fully saturated rings. The second-order valence-electron chi connectivity index (χ2n) is 2.05. The molecule has 0 aliphatic heterocycles. The highest BCUT2D eigenvalue weighted by atomic mass is 28.2. The minimum Gasteiger partial charge on any atom is -0.326 e. The van der Waals surface area contributed by atoms with Crippen molar-refractivity contribution in [1.29, 1.82) is 0 Å². The summed E-state index contributed by atoms with van der Waals surface area (Å²) < 4.78 is 2.51. The van der Waals surface area contributed by atoms with Gasteiger partial charge < -0.3 is 4.57 Å². The van der Waals surface area contributed by atoms with Crippen molar-refractivity contribution in [2.75, 3.05) is 13.1 Å². The molecule has 0 bridgehead atoms. The lowest BCUT2D eigenvalue weighted by atomic mass is 10.7.